The molecule has 0 unspecified atom stereocenters. The molecule has 0 spiro atoms. The summed E-state index contributed by atoms with van der Waals surface area (Å²) in [5.74, 6) is 0.836. The molecule has 0 aliphatic carbocycles. The molecule has 0 saturated carbocycles. The number of hydrogen-bond acceptors (Lipinski definition) is 2. The van der Waals surface area contributed by atoms with Crippen LogP contribution in [0.15, 0.2) is 12.8 Å². The van der Waals surface area contributed by atoms with Gasteiger partial charge in [-0.15, -0.1) is 0 Å². The van der Waals surface area contributed by atoms with Gasteiger partial charge in [-0.05, 0) is 19.7 Å². The Hall–Kier alpha value is -1.38. The first-order valence-corrected chi connectivity index (χ1v) is 2.82. The maximum Gasteiger partial charge on any atom is 0.129 e. The van der Waals surface area contributed by atoms with Gasteiger partial charge < -0.3 is 10.4 Å². The first-order chi connectivity index (χ1) is 4.83. The number of aromatic nitrogens is 2. The van der Waals surface area contributed by atoms with Gasteiger partial charge in [-0.25, -0.2) is 4.98 Å². The monoisotopic (exact) mass is 137 g/mol. The smallest absolute Gasteiger partial charge is 0.129 e. The van der Waals surface area contributed by atoms with Crippen molar-refractivity contribution in [3.63, 3.8) is 0 Å². The summed E-state index contributed by atoms with van der Waals surface area (Å²) in [5, 5.41) is 5.50. The van der Waals surface area contributed by atoms with Gasteiger partial charge in [0.15, 0.2) is 0 Å². The lowest BCUT2D eigenvalue weighted by Gasteiger charge is -1.77. The van der Waals surface area contributed by atoms with E-state index in [9.17, 15) is 0 Å². The van der Waals surface area contributed by atoms with Crippen molar-refractivity contribution in [2.24, 2.45) is 0 Å². The minimum atomic E-state index is 0.836. The zero-order chi connectivity index (χ0) is 7.98. The highest BCUT2D eigenvalue weighted by molar-refractivity contribution is 5.35. The molecule has 0 radical (unpaired) electrons. The third kappa shape index (κ3) is 2.26. The summed E-state index contributed by atoms with van der Waals surface area (Å²) < 4.78 is 0. The average Bonchev–Trinajstić information content (AvgIpc) is 2.40. The molecule has 0 fully saturated rings. The lowest BCUT2D eigenvalue weighted by molar-refractivity contribution is 1.22. The number of nitrogens with zero attached hydrogens (tertiary/aromatic N) is 1. The fourth-order valence-corrected chi connectivity index (χ4v) is 0.537. The van der Waals surface area contributed by atoms with E-state index in [4.69, 9.17) is 5.41 Å². The zero-order valence-electron chi connectivity index (χ0n) is 6.02. The van der Waals surface area contributed by atoms with E-state index in [0.29, 0.717) is 0 Å². The third-order valence-corrected chi connectivity index (χ3v) is 0.916. The Bertz CT molecular complexity index is 202. The highest BCUT2D eigenvalue weighted by atomic mass is 14.9. The molecule has 1 heterocycles. The number of H-pyrrole nitrogens is 1. The number of imidazole rings is 1. The van der Waals surface area contributed by atoms with E-state index in [1.54, 1.807) is 12.3 Å². The topological polar surface area (TPSA) is 52.5 Å². The molecule has 0 aliphatic heterocycles. The molecule has 1 aromatic heterocycles. The van der Waals surface area contributed by atoms with Crippen molar-refractivity contribution in [3.05, 3.63) is 24.3 Å². The van der Waals surface area contributed by atoms with Gasteiger partial charge in [-0.2, -0.15) is 0 Å². The van der Waals surface area contributed by atoms with Crippen LogP contribution in [0.25, 0.3) is 6.08 Å². The fraction of sp³-hybridized carbons (Fsp3) is 0.143. The molecule has 1 rings (SSSR count). The molecular formula is C7H11N3. The van der Waals surface area contributed by atoms with E-state index in [1.165, 1.54) is 0 Å². The van der Waals surface area contributed by atoms with E-state index in [1.807, 2.05) is 6.92 Å². The number of nitrogens with one attached hydrogen (secondary N) is 2. The molecule has 1 aromatic rings. The Morgan fingerprint density at radius 2 is 2.30 bits per heavy atom. The van der Waals surface area contributed by atoms with Crippen LogP contribution in [-0.4, -0.2) is 16.7 Å². The standard InChI is InChI=1S/C6H8N2.CH3N/c1-3-6-7-4-5(2)8-6;1-2/h3-4H,1H2,2H3,(H,7,8);2H,1H2. The summed E-state index contributed by atoms with van der Waals surface area (Å²) in [4.78, 5) is 6.96. The van der Waals surface area contributed by atoms with Gasteiger partial charge >= 0.3 is 0 Å². The highest BCUT2D eigenvalue weighted by Crippen LogP contribution is 1.93. The molecule has 0 bridgehead atoms. The van der Waals surface area contributed by atoms with Crippen molar-refractivity contribution in [2.75, 3.05) is 0 Å². The van der Waals surface area contributed by atoms with Gasteiger partial charge in [0.05, 0.1) is 0 Å². The van der Waals surface area contributed by atoms with Gasteiger partial charge in [0.1, 0.15) is 5.82 Å². The van der Waals surface area contributed by atoms with Crippen LogP contribution in [0.5, 0.6) is 0 Å². The second-order valence-corrected chi connectivity index (χ2v) is 1.66. The van der Waals surface area contributed by atoms with Crippen LogP contribution in [-0.2, 0) is 0 Å². The SMILES string of the molecule is C=Cc1ncc(C)[nH]1.C=N. The van der Waals surface area contributed by atoms with Crippen LogP contribution in [0.1, 0.15) is 11.5 Å². The summed E-state index contributed by atoms with van der Waals surface area (Å²) in [6, 6.07) is 0. The summed E-state index contributed by atoms with van der Waals surface area (Å²) in [6.45, 7) is 8.01. The quantitative estimate of drug-likeness (QED) is 0.568. The van der Waals surface area contributed by atoms with Crippen LogP contribution in [0, 0.1) is 12.3 Å². The summed E-state index contributed by atoms with van der Waals surface area (Å²) in [6.07, 6.45) is 3.46. The molecule has 54 valence electrons. The maximum absolute atomic E-state index is 5.50. The van der Waals surface area contributed by atoms with Crippen molar-refractivity contribution in [3.8, 4) is 0 Å². The molecular weight excluding hydrogens is 126 g/mol. The van der Waals surface area contributed by atoms with E-state index in [-0.39, 0.29) is 0 Å². The number of rotatable bonds is 1. The van der Waals surface area contributed by atoms with E-state index >= 15 is 0 Å². The molecule has 2 N–H and O–H groups in total. The molecule has 3 nitrogen and oxygen atoms in total. The second-order valence-electron chi connectivity index (χ2n) is 1.66. The molecule has 0 amide bonds. The predicted octanol–water partition coefficient (Wildman–Crippen LogP) is 1.63. The van der Waals surface area contributed by atoms with E-state index < -0.39 is 0 Å². The van der Waals surface area contributed by atoms with Crippen LogP contribution in [0.2, 0.25) is 0 Å². The first-order valence-electron chi connectivity index (χ1n) is 2.82. The first kappa shape index (κ1) is 8.62. The number of hydrogen-bond donors (Lipinski definition) is 2. The normalized spacial score (nSPS) is 7.70. The summed E-state index contributed by atoms with van der Waals surface area (Å²) in [5.41, 5.74) is 1.07. The molecule has 3 heteroatoms. The zero-order valence-corrected chi connectivity index (χ0v) is 6.02. The van der Waals surface area contributed by atoms with Crippen LogP contribution < -0.4 is 0 Å². The van der Waals surface area contributed by atoms with Crippen molar-refractivity contribution < 1.29 is 0 Å². The Morgan fingerprint density at radius 3 is 2.50 bits per heavy atom. The van der Waals surface area contributed by atoms with Gasteiger partial charge in [0, 0.05) is 11.9 Å². The van der Waals surface area contributed by atoms with Gasteiger partial charge in [0.2, 0.25) is 0 Å². The maximum atomic E-state index is 5.50. The Labute approximate surface area is 60.3 Å². The summed E-state index contributed by atoms with van der Waals surface area (Å²) in [7, 11) is 0. The Morgan fingerprint density at radius 1 is 1.70 bits per heavy atom. The van der Waals surface area contributed by atoms with E-state index in [0.717, 1.165) is 11.5 Å². The minimum Gasteiger partial charge on any atom is -0.343 e. The minimum absolute atomic E-state index is 0.836. The van der Waals surface area contributed by atoms with Gasteiger partial charge in [-0.1, -0.05) is 6.58 Å². The number of aryl methyl sites for hydroxylation is 1. The average molecular weight is 137 g/mol. The Kier molecular flexibility index (Phi) is 3.87. The molecule has 0 aromatic carbocycles. The largest absolute Gasteiger partial charge is 0.343 e. The van der Waals surface area contributed by atoms with Crippen molar-refractivity contribution in [2.45, 2.75) is 6.92 Å². The van der Waals surface area contributed by atoms with Crippen molar-refractivity contribution in [1.82, 2.24) is 9.97 Å². The highest BCUT2D eigenvalue weighted by Gasteiger charge is 1.86. The van der Waals surface area contributed by atoms with Crippen LogP contribution in [0.3, 0.4) is 0 Å². The van der Waals surface area contributed by atoms with E-state index in [2.05, 4.69) is 23.3 Å². The van der Waals surface area contributed by atoms with Crippen LogP contribution >= 0.6 is 0 Å². The summed E-state index contributed by atoms with van der Waals surface area (Å²) >= 11 is 0. The van der Waals surface area contributed by atoms with Crippen LogP contribution in [0.4, 0.5) is 0 Å². The third-order valence-electron chi connectivity index (χ3n) is 0.916. The number of aromatic amines is 1. The second kappa shape index (κ2) is 4.49. The Balaban J connectivity index is 0.000000371. The van der Waals surface area contributed by atoms with Gasteiger partial charge in [-0.3, -0.25) is 0 Å². The lowest BCUT2D eigenvalue weighted by Crippen LogP contribution is -1.71. The molecule has 0 saturated heterocycles. The lowest BCUT2D eigenvalue weighted by atomic mass is 10.6. The van der Waals surface area contributed by atoms with Crippen molar-refractivity contribution in [1.29, 1.82) is 5.41 Å². The molecule has 0 atom stereocenters. The molecule has 0 aliphatic rings. The predicted molar refractivity (Wildman–Crippen MR) is 43.3 cm³/mol. The van der Waals surface area contributed by atoms with Crippen molar-refractivity contribution >= 4 is 12.8 Å². The fourth-order valence-electron chi connectivity index (χ4n) is 0.537. The van der Waals surface area contributed by atoms with Gasteiger partial charge in [0.25, 0.3) is 0 Å². The molecule has 10 heavy (non-hydrogen) atoms.